The molecule has 24 heavy (non-hydrogen) atoms. The molecule has 2 atom stereocenters. The van der Waals surface area contributed by atoms with Crippen LogP contribution in [0.25, 0.3) is 0 Å². The molecule has 0 aromatic heterocycles. The molecule has 1 amide bonds. The Kier molecular flexibility index (Phi) is 5.47. The smallest absolute Gasteiger partial charge is 0.222 e. The van der Waals surface area contributed by atoms with Gasteiger partial charge in [-0.05, 0) is 36.5 Å². The van der Waals surface area contributed by atoms with Crippen molar-refractivity contribution >= 4 is 27.3 Å². The summed E-state index contributed by atoms with van der Waals surface area (Å²) in [6.45, 7) is 1.60. The summed E-state index contributed by atoms with van der Waals surface area (Å²) in [6.07, 6.45) is 1.58. The Hall–Kier alpha value is -1.11. The first-order chi connectivity index (χ1) is 11.4. The zero-order chi connectivity index (χ0) is 17.2. The molecule has 2 aliphatic heterocycles. The quantitative estimate of drug-likeness (QED) is 0.815. The zero-order valence-electron chi connectivity index (χ0n) is 13.5. The van der Waals surface area contributed by atoms with E-state index in [9.17, 15) is 13.2 Å². The highest BCUT2D eigenvalue weighted by molar-refractivity contribution is 7.91. The van der Waals surface area contributed by atoms with Gasteiger partial charge in [-0.15, -0.1) is 0 Å². The minimum atomic E-state index is -2.87. The third-order valence-electron chi connectivity index (χ3n) is 4.73. The number of carbonyl (C=O) groups excluding carboxylic acids is 1. The van der Waals surface area contributed by atoms with E-state index >= 15 is 0 Å². The molecular weight excluding hydrogens is 350 g/mol. The van der Waals surface area contributed by atoms with Crippen molar-refractivity contribution in [2.45, 2.75) is 25.4 Å². The van der Waals surface area contributed by atoms with Gasteiger partial charge in [0, 0.05) is 18.0 Å². The average Bonchev–Trinajstić information content (AvgIpc) is 2.92. The van der Waals surface area contributed by atoms with Gasteiger partial charge in [-0.1, -0.05) is 23.7 Å². The number of hydrogen-bond donors (Lipinski definition) is 0. The number of ether oxygens (including phenoxy) is 1. The number of halogens is 1. The maximum Gasteiger partial charge on any atom is 0.222 e. The Morgan fingerprint density at radius 1 is 1.38 bits per heavy atom. The van der Waals surface area contributed by atoms with Gasteiger partial charge in [0.2, 0.25) is 5.91 Å². The summed E-state index contributed by atoms with van der Waals surface area (Å²) >= 11 is 6.02. The molecule has 2 heterocycles. The number of carbonyl (C=O) groups is 1. The number of hydrogen-bond acceptors (Lipinski definition) is 4. The molecule has 0 saturated carbocycles. The van der Waals surface area contributed by atoms with Gasteiger partial charge < -0.3 is 9.64 Å². The lowest BCUT2D eigenvalue weighted by molar-refractivity contribution is -0.139. The molecule has 2 aliphatic rings. The predicted octanol–water partition coefficient (Wildman–Crippen LogP) is 2.45. The first-order valence-corrected chi connectivity index (χ1v) is 10.5. The fraction of sp³-hybridized carbons (Fsp3) is 0.588. The van der Waals surface area contributed by atoms with Crippen LogP contribution in [0.2, 0.25) is 5.02 Å². The topological polar surface area (TPSA) is 63.7 Å². The molecule has 2 unspecified atom stereocenters. The summed E-state index contributed by atoms with van der Waals surface area (Å²) in [5.74, 6) is 0.702. The Labute approximate surface area is 147 Å². The maximum absolute atomic E-state index is 12.5. The van der Waals surface area contributed by atoms with Crippen LogP contribution in [0.1, 0.15) is 30.9 Å². The second-order valence-electron chi connectivity index (χ2n) is 6.56. The van der Waals surface area contributed by atoms with Crippen LogP contribution in [0.3, 0.4) is 0 Å². The maximum atomic E-state index is 12.5. The van der Waals surface area contributed by atoms with Crippen LogP contribution < -0.4 is 0 Å². The molecule has 1 aromatic carbocycles. The first-order valence-electron chi connectivity index (χ1n) is 8.28. The van der Waals surface area contributed by atoms with Crippen molar-refractivity contribution in [3.05, 3.63) is 34.9 Å². The molecule has 132 valence electrons. The van der Waals surface area contributed by atoms with Crippen LogP contribution in [0.4, 0.5) is 0 Å². The van der Waals surface area contributed by atoms with Crippen LogP contribution in [-0.4, -0.2) is 50.4 Å². The molecule has 0 aliphatic carbocycles. The largest absolute Gasteiger partial charge is 0.370 e. The number of amides is 1. The van der Waals surface area contributed by atoms with Crippen molar-refractivity contribution in [3.8, 4) is 0 Å². The molecule has 0 bridgehead atoms. The molecular formula is C17H22ClNO4S. The standard InChI is InChI=1S/C17H22ClNO4S/c18-15-3-1-2-14(10-15)16-11-19(7-8-23-16)17(20)5-4-13-6-9-24(21,22)12-13/h1-3,10,13,16H,4-9,11-12H2. The SMILES string of the molecule is O=C(CCC1CCS(=O)(=O)C1)N1CCOC(c2cccc(Cl)c2)C1. The average molecular weight is 372 g/mol. The fourth-order valence-electron chi connectivity index (χ4n) is 3.37. The van der Waals surface area contributed by atoms with Crippen LogP contribution in [-0.2, 0) is 19.4 Å². The first kappa shape index (κ1) is 17.7. The van der Waals surface area contributed by atoms with Gasteiger partial charge >= 0.3 is 0 Å². The van der Waals surface area contributed by atoms with Crippen molar-refractivity contribution in [3.63, 3.8) is 0 Å². The van der Waals surface area contributed by atoms with Gasteiger partial charge in [0.1, 0.15) is 6.10 Å². The van der Waals surface area contributed by atoms with Crippen molar-refractivity contribution in [2.24, 2.45) is 5.92 Å². The number of benzene rings is 1. The highest BCUT2D eigenvalue weighted by Crippen LogP contribution is 2.26. The van der Waals surface area contributed by atoms with E-state index in [-0.39, 0.29) is 29.4 Å². The van der Waals surface area contributed by atoms with Crippen molar-refractivity contribution in [1.29, 1.82) is 0 Å². The molecule has 0 spiro atoms. The molecule has 3 rings (SSSR count). The van der Waals surface area contributed by atoms with Gasteiger partial charge in [0.05, 0.1) is 24.7 Å². The second-order valence-corrected chi connectivity index (χ2v) is 9.23. The van der Waals surface area contributed by atoms with Crippen LogP contribution >= 0.6 is 11.6 Å². The van der Waals surface area contributed by atoms with E-state index in [1.54, 1.807) is 0 Å². The summed E-state index contributed by atoms with van der Waals surface area (Å²) < 4.78 is 28.8. The Bertz CT molecular complexity index is 706. The molecule has 2 fully saturated rings. The van der Waals surface area contributed by atoms with E-state index in [1.165, 1.54) is 0 Å². The molecule has 0 N–H and O–H groups in total. The number of rotatable bonds is 4. The van der Waals surface area contributed by atoms with Gasteiger partial charge in [-0.25, -0.2) is 8.42 Å². The molecule has 0 radical (unpaired) electrons. The summed E-state index contributed by atoms with van der Waals surface area (Å²) in [7, 11) is -2.87. The lowest BCUT2D eigenvalue weighted by Crippen LogP contribution is -2.42. The summed E-state index contributed by atoms with van der Waals surface area (Å²) in [5.41, 5.74) is 0.974. The second kappa shape index (κ2) is 7.42. The summed E-state index contributed by atoms with van der Waals surface area (Å²) in [4.78, 5) is 14.3. The highest BCUT2D eigenvalue weighted by Gasteiger charge is 2.30. The van der Waals surface area contributed by atoms with E-state index in [1.807, 2.05) is 29.2 Å². The monoisotopic (exact) mass is 371 g/mol. The van der Waals surface area contributed by atoms with E-state index < -0.39 is 9.84 Å². The Morgan fingerprint density at radius 2 is 2.21 bits per heavy atom. The van der Waals surface area contributed by atoms with Crippen molar-refractivity contribution in [2.75, 3.05) is 31.2 Å². The molecule has 1 aromatic rings. The van der Waals surface area contributed by atoms with Gasteiger partial charge in [-0.2, -0.15) is 0 Å². The lowest BCUT2D eigenvalue weighted by Gasteiger charge is -2.33. The minimum absolute atomic E-state index is 0.0784. The Morgan fingerprint density at radius 3 is 2.92 bits per heavy atom. The van der Waals surface area contributed by atoms with E-state index in [0.29, 0.717) is 44.0 Å². The predicted molar refractivity (Wildman–Crippen MR) is 92.7 cm³/mol. The zero-order valence-corrected chi connectivity index (χ0v) is 15.1. The van der Waals surface area contributed by atoms with Gasteiger partial charge in [0.15, 0.2) is 9.84 Å². The van der Waals surface area contributed by atoms with Crippen molar-refractivity contribution < 1.29 is 17.9 Å². The summed E-state index contributed by atoms with van der Waals surface area (Å²) in [6, 6.07) is 7.51. The van der Waals surface area contributed by atoms with Crippen LogP contribution in [0.5, 0.6) is 0 Å². The fourth-order valence-corrected chi connectivity index (χ4v) is 5.48. The number of nitrogens with zero attached hydrogens (tertiary/aromatic N) is 1. The van der Waals surface area contributed by atoms with Crippen LogP contribution in [0, 0.1) is 5.92 Å². The van der Waals surface area contributed by atoms with E-state index in [4.69, 9.17) is 16.3 Å². The summed E-state index contributed by atoms with van der Waals surface area (Å²) in [5, 5.41) is 0.655. The molecule has 7 heteroatoms. The number of morpholine rings is 1. The number of sulfone groups is 1. The van der Waals surface area contributed by atoms with E-state index in [2.05, 4.69) is 0 Å². The van der Waals surface area contributed by atoms with Gasteiger partial charge in [0.25, 0.3) is 0 Å². The molecule has 2 saturated heterocycles. The third kappa shape index (κ3) is 4.49. The van der Waals surface area contributed by atoms with Gasteiger partial charge in [-0.3, -0.25) is 4.79 Å². The Balaban J connectivity index is 1.53. The normalized spacial score (nSPS) is 26.5. The van der Waals surface area contributed by atoms with Crippen LogP contribution in [0.15, 0.2) is 24.3 Å². The van der Waals surface area contributed by atoms with E-state index in [0.717, 1.165) is 5.56 Å². The third-order valence-corrected chi connectivity index (χ3v) is 6.80. The lowest BCUT2D eigenvalue weighted by atomic mass is 10.0. The minimum Gasteiger partial charge on any atom is -0.370 e. The van der Waals surface area contributed by atoms with Crippen molar-refractivity contribution in [1.82, 2.24) is 4.90 Å². The highest BCUT2D eigenvalue weighted by atomic mass is 35.5. The molecule has 5 nitrogen and oxygen atoms in total.